The third kappa shape index (κ3) is 4.06. The fourth-order valence-electron chi connectivity index (χ4n) is 2.79. The number of amides is 1. The minimum Gasteiger partial charge on any atom is -0.495 e. The van der Waals surface area contributed by atoms with Crippen LogP contribution < -0.4 is 15.4 Å². The fraction of sp³-hybridized carbons (Fsp3) is 0.0476. The van der Waals surface area contributed by atoms with Crippen LogP contribution in [-0.4, -0.2) is 28.2 Å². The minimum atomic E-state index is -0.307. The normalized spacial score (nSPS) is 10.4. The molecule has 2 aromatic carbocycles. The zero-order chi connectivity index (χ0) is 20.1. The van der Waals surface area contributed by atoms with Gasteiger partial charge in [-0.3, -0.25) is 4.79 Å². The summed E-state index contributed by atoms with van der Waals surface area (Å²) in [5, 5.41) is 13.6. The highest BCUT2D eigenvalue weighted by atomic mass is 16.5. The van der Waals surface area contributed by atoms with E-state index >= 15 is 0 Å². The Balaban J connectivity index is 1.58. The number of benzene rings is 2. The predicted octanol–water partition coefficient (Wildman–Crippen LogP) is 4.14. The van der Waals surface area contributed by atoms with Crippen LogP contribution in [0.2, 0.25) is 0 Å². The number of methoxy groups -OCH3 is 1. The maximum absolute atomic E-state index is 12.9. The van der Waals surface area contributed by atoms with E-state index in [1.807, 2.05) is 30.3 Å². The second-order valence-corrected chi connectivity index (χ2v) is 6.00. The SMILES string of the molecule is COc1ccccc1Nc1ncccc1C(=O)Nc1cccc(-c2nnco2)c1. The van der Waals surface area contributed by atoms with Gasteiger partial charge in [0.1, 0.15) is 11.6 Å². The molecule has 0 unspecified atom stereocenters. The van der Waals surface area contributed by atoms with Crippen molar-refractivity contribution in [3.05, 3.63) is 78.8 Å². The highest BCUT2D eigenvalue weighted by molar-refractivity contribution is 6.08. The summed E-state index contributed by atoms with van der Waals surface area (Å²) in [7, 11) is 1.59. The number of nitrogens with zero attached hydrogens (tertiary/aromatic N) is 3. The van der Waals surface area contributed by atoms with Crippen LogP contribution in [0.1, 0.15) is 10.4 Å². The Morgan fingerprint density at radius 1 is 1.07 bits per heavy atom. The molecule has 2 N–H and O–H groups in total. The zero-order valence-electron chi connectivity index (χ0n) is 15.5. The number of para-hydroxylation sites is 2. The Bertz CT molecular complexity index is 1130. The molecular formula is C21H17N5O3. The lowest BCUT2D eigenvalue weighted by molar-refractivity contribution is 0.102. The van der Waals surface area contributed by atoms with E-state index in [1.165, 1.54) is 6.39 Å². The first-order chi connectivity index (χ1) is 14.2. The number of hydrogen-bond acceptors (Lipinski definition) is 7. The molecular weight excluding hydrogens is 370 g/mol. The first-order valence-electron chi connectivity index (χ1n) is 8.77. The second kappa shape index (κ2) is 8.22. The minimum absolute atomic E-state index is 0.307. The summed E-state index contributed by atoms with van der Waals surface area (Å²) < 4.78 is 10.6. The molecule has 0 saturated heterocycles. The van der Waals surface area contributed by atoms with E-state index in [0.717, 1.165) is 0 Å². The number of ether oxygens (including phenoxy) is 1. The quantitative estimate of drug-likeness (QED) is 0.513. The van der Waals surface area contributed by atoms with Crippen LogP contribution in [0.15, 0.2) is 77.7 Å². The van der Waals surface area contributed by atoms with Crippen LogP contribution in [0.25, 0.3) is 11.5 Å². The average molecular weight is 387 g/mol. The number of anilines is 3. The molecule has 0 atom stereocenters. The van der Waals surface area contributed by atoms with Crippen molar-refractivity contribution in [2.75, 3.05) is 17.7 Å². The molecule has 0 saturated carbocycles. The molecule has 1 amide bonds. The number of nitrogens with one attached hydrogen (secondary N) is 2. The lowest BCUT2D eigenvalue weighted by atomic mass is 10.1. The van der Waals surface area contributed by atoms with E-state index in [1.54, 1.807) is 43.6 Å². The van der Waals surface area contributed by atoms with Crippen LogP contribution in [0, 0.1) is 0 Å². The monoisotopic (exact) mass is 387 g/mol. The summed E-state index contributed by atoms with van der Waals surface area (Å²) in [5.74, 6) is 1.14. The summed E-state index contributed by atoms with van der Waals surface area (Å²) >= 11 is 0. The van der Waals surface area contributed by atoms with Gasteiger partial charge in [0.05, 0.1) is 18.4 Å². The number of hydrogen-bond donors (Lipinski definition) is 2. The molecule has 0 bridgehead atoms. The Morgan fingerprint density at radius 3 is 2.79 bits per heavy atom. The van der Waals surface area contributed by atoms with Gasteiger partial charge in [-0.05, 0) is 42.5 Å². The molecule has 0 aliphatic heterocycles. The summed E-state index contributed by atoms with van der Waals surface area (Å²) in [6.45, 7) is 0. The second-order valence-electron chi connectivity index (χ2n) is 6.00. The van der Waals surface area contributed by atoms with Crippen LogP contribution in [0.5, 0.6) is 5.75 Å². The van der Waals surface area contributed by atoms with Crippen molar-refractivity contribution < 1.29 is 13.9 Å². The van der Waals surface area contributed by atoms with Crippen molar-refractivity contribution in [3.63, 3.8) is 0 Å². The molecule has 0 radical (unpaired) electrons. The maximum Gasteiger partial charge on any atom is 0.259 e. The van der Waals surface area contributed by atoms with Crippen molar-refractivity contribution in [3.8, 4) is 17.2 Å². The Morgan fingerprint density at radius 2 is 1.97 bits per heavy atom. The summed E-state index contributed by atoms with van der Waals surface area (Å²) in [6.07, 6.45) is 2.87. The van der Waals surface area contributed by atoms with Crippen LogP contribution in [0.4, 0.5) is 17.2 Å². The molecule has 2 heterocycles. The molecule has 8 nitrogen and oxygen atoms in total. The molecule has 0 aliphatic carbocycles. The van der Waals surface area contributed by atoms with Crippen LogP contribution >= 0.6 is 0 Å². The molecule has 4 aromatic rings. The third-order valence-corrected chi connectivity index (χ3v) is 4.14. The number of pyridine rings is 1. The highest BCUT2D eigenvalue weighted by Crippen LogP contribution is 2.28. The van der Waals surface area contributed by atoms with E-state index in [-0.39, 0.29) is 5.91 Å². The smallest absolute Gasteiger partial charge is 0.259 e. The molecule has 0 aliphatic rings. The molecule has 8 heteroatoms. The van der Waals surface area contributed by atoms with Crippen molar-refractivity contribution in [1.29, 1.82) is 0 Å². The lowest BCUT2D eigenvalue weighted by Crippen LogP contribution is -2.14. The maximum atomic E-state index is 12.9. The van der Waals surface area contributed by atoms with Crippen molar-refractivity contribution in [2.45, 2.75) is 0 Å². The molecule has 144 valence electrons. The molecule has 2 aromatic heterocycles. The standard InChI is InChI=1S/C21H17N5O3/c1-28-18-10-3-2-9-17(18)25-19-16(8-5-11-22-19)20(27)24-15-7-4-6-14(12-15)21-26-23-13-29-21/h2-13H,1H3,(H,22,25)(H,24,27). The van der Waals surface area contributed by atoms with Gasteiger partial charge in [-0.2, -0.15) is 0 Å². The summed E-state index contributed by atoms with van der Waals surface area (Å²) in [5.41, 5.74) is 2.40. The Hall–Kier alpha value is -4.20. The molecule has 29 heavy (non-hydrogen) atoms. The van der Waals surface area contributed by atoms with Crippen molar-refractivity contribution in [1.82, 2.24) is 15.2 Å². The van der Waals surface area contributed by atoms with E-state index in [0.29, 0.717) is 40.0 Å². The van der Waals surface area contributed by atoms with E-state index < -0.39 is 0 Å². The Kier molecular flexibility index (Phi) is 5.15. The van der Waals surface area contributed by atoms with E-state index in [2.05, 4.69) is 25.8 Å². The van der Waals surface area contributed by atoms with Gasteiger partial charge in [-0.25, -0.2) is 4.98 Å². The van der Waals surface area contributed by atoms with Gasteiger partial charge >= 0.3 is 0 Å². The zero-order valence-corrected chi connectivity index (χ0v) is 15.5. The van der Waals surface area contributed by atoms with Gasteiger partial charge in [0.15, 0.2) is 0 Å². The van der Waals surface area contributed by atoms with Crippen molar-refractivity contribution >= 4 is 23.1 Å². The number of rotatable bonds is 6. The van der Waals surface area contributed by atoms with Gasteiger partial charge in [0, 0.05) is 17.4 Å². The number of carbonyl (C=O) groups is 1. The van der Waals surface area contributed by atoms with E-state index in [9.17, 15) is 4.79 Å². The van der Waals surface area contributed by atoms with E-state index in [4.69, 9.17) is 9.15 Å². The number of carbonyl (C=O) groups excluding carboxylic acids is 1. The average Bonchev–Trinajstić information content (AvgIpc) is 3.30. The van der Waals surface area contributed by atoms with Crippen LogP contribution in [-0.2, 0) is 0 Å². The molecule has 0 fully saturated rings. The van der Waals surface area contributed by atoms with Gasteiger partial charge in [-0.15, -0.1) is 10.2 Å². The summed E-state index contributed by atoms with van der Waals surface area (Å²) in [6, 6.07) is 18.0. The first kappa shape index (κ1) is 18.2. The highest BCUT2D eigenvalue weighted by Gasteiger charge is 2.15. The molecule has 4 rings (SSSR count). The largest absolute Gasteiger partial charge is 0.495 e. The van der Waals surface area contributed by atoms with Gasteiger partial charge < -0.3 is 19.8 Å². The van der Waals surface area contributed by atoms with Crippen LogP contribution in [0.3, 0.4) is 0 Å². The van der Waals surface area contributed by atoms with Gasteiger partial charge in [0.2, 0.25) is 12.3 Å². The Labute approximate surface area is 166 Å². The summed E-state index contributed by atoms with van der Waals surface area (Å²) in [4.78, 5) is 17.2. The lowest BCUT2D eigenvalue weighted by Gasteiger charge is -2.13. The van der Waals surface area contributed by atoms with Gasteiger partial charge in [0.25, 0.3) is 5.91 Å². The third-order valence-electron chi connectivity index (χ3n) is 4.14. The van der Waals surface area contributed by atoms with Crippen molar-refractivity contribution in [2.24, 2.45) is 0 Å². The molecule has 0 spiro atoms. The number of aromatic nitrogens is 3. The predicted molar refractivity (Wildman–Crippen MR) is 108 cm³/mol. The van der Waals surface area contributed by atoms with Gasteiger partial charge in [-0.1, -0.05) is 18.2 Å². The topological polar surface area (TPSA) is 102 Å². The first-order valence-corrected chi connectivity index (χ1v) is 8.77. The fourth-order valence-corrected chi connectivity index (χ4v) is 2.79.